The highest BCUT2D eigenvalue weighted by atomic mass is 32.1. The zero-order valence-corrected chi connectivity index (χ0v) is 29.8. The zero-order valence-electron chi connectivity index (χ0n) is 28.9. The quantitative estimate of drug-likeness (QED) is 0.172. The maximum absolute atomic E-state index is 6.60. The Balaban J connectivity index is 1.08. The van der Waals surface area contributed by atoms with E-state index in [0.29, 0.717) is 11.5 Å². The number of anilines is 3. The van der Waals surface area contributed by atoms with Crippen molar-refractivity contribution in [1.29, 1.82) is 0 Å². The van der Waals surface area contributed by atoms with E-state index in [0.717, 1.165) is 61.2 Å². The first-order valence-electron chi connectivity index (χ1n) is 18.0. The second kappa shape index (κ2) is 12.3. The summed E-state index contributed by atoms with van der Waals surface area (Å²) in [5.41, 5.74) is 11.5. The van der Waals surface area contributed by atoms with E-state index in [1.807, 2.05) is 59.9 Å². The molecule has 0 saturated carbocycles. The van der Waals surface area contributed by atoms with Gasteiger partial charge in [-0.05, 0) is 89.5 Å². The van der Waals surface area contributed by atoms with Gasteiger partial charge in [0, 0.05) is 53.6 Å². The van der Waals surface area contributed by atoms with Crippen molar-refractivity contribution < 1.29 is 8.83 Å². The van der Waals surface area contributed by atoms with Crippen LogP contribution in [0.25, 0.3) is 86.9 Å². The third-order valence-corrected chi connectivity index (χ3v) is 11.5. The summed E-state index contributed by atoms with van der Waals surface area (Å²) in [5, 5.41) is 4.60. The number of fused-ring (bicyclic) bond motifs is 7. The minimum absolute atomic E-state index is 0.585. The first-order valence-corrected chi connectivity index (χ1v) is 18.8. The number of nitrogens with zero attached hydrogens (tertiary/aromatic N) is 2. The predicted molar refractivity (Wildman–Crippen MR) is 225 cm³/mol. The van der Waals surface area contributed by atoms with E-state index in [4.69, 9.17) is 13.8 Å². The fraction of sp³-hybridized carbons (Fsp3) is 0. The van der Waals surface area contributed by atoms with E-state index in [1.165, 1.54) is 31.3 Å². The average molecular weight is 711 g/mol. The van der Waals surface area contributed by atoms with Gasteiger partial charge in [-0.3, -0.25) is 0 Å². The Hall–Kier alpha value is -6.95. The van der Waals surface area contributed by atoms with Crippen LogP contribution in [0.5, 0.6) is 0 Å². The molecule has 0 atom stereocenters. The van der Waals surface area contributed by atoms with Crippen molar-refractivity contribution in [2.24, 2.45) is 0 Å². The lowest BCUT2D eigenvalue weighted by Gasteiger charge is -2.26. The molecule has 54 heavy (non-hydrogen) atoms. The Morgan fingerprint density at radius 1 is 0.407 bits per heavy atom. The Morgan fingerprint density at radius 2 is 1.00 bits per heavy atom. The highest BCUT2D eigenvalue weighted by molar-refractivity contribution is 7.25. The topological polar surface area (TPSA) is 42.4 Å². The molecule has 0 saturated heterocycles. The molecular formula is C49H30N2O2S. The highest BCUT2D eigenvalue weighted by Crippen LogP contribution is 2.45. The largest absolute Gasteiger partial charge is 0.455 e. The van der Waals surface area contributed by atoms with Gasteiger partial charge in [0.2, 0.25) is 5.89 Å². The van der Waals surface area contributed by atoms with Gasteiger partial charge >= 0.3 is 0 Å². The smallest absolute Gasteiger partial charge is 0.227 e. The minimum Gasteiger partial charge on any atom is -0.455 e. The van der Waals surface area contributed by atoms with Crippen LogP contribution in [-0.4, -0.2) is 4.98 Å². The van der Waals surface area contributed by atoms with Crippen LogP contribution in [0.2, 0.25) is 0 Å². The first-order chi connectivity index (χ1) is 26.7. The lowest BCUT2D eigenvalue weighted by molar-refractivity contribution is 0.619. The van der Waals surface area contributed by atoms with Gasteiger partial charge in [-0.15, -0.1) is 11.3 Å². The third kappa shape index (κ3) is 5.01. The van der Waals surface area contributed by atoms with Crippen molar-refractivity contribution in [3.05, 3.63) is 182 Å². The molecule has 4 nitrogen and oxygen atoms in total. The summed E-state index contributed by atoms with van der Waals surface area (Å²) in [6, 6.07) is 63.9. The summed E-state index contributed by atoms with van der Waals surface area (Å²) in [5.74, 6) is 0.585. The number of para-hydroxylation sites is 1. The first kappa shape index (κ1) is 30.7. The molecule has 0 fully saturated rings. The van der Waals surface area contributed by atoms with Gasteiger partial charge in [0.25, 0.3) is 0 Å². The van der Waals surface area contributed by atoms with E-state index in [1.54, 1.807) is 0 Å². The number of aromatic nitrogens is 1. The van der Waals surface area contributed by atoms with Crippen molar-refractivity contribution in [3.63, 3.8) is 0 Å². The zero-order chi connectivity index (χ0) is 35.6. The molecule has 0 radical (unpaired) electrons. The molecule has 0 spiro atoms. The summed E-state index contributed by atoms with van der Waals surface area (Å²) < 4.78 is 15.8. The summed E-state index contributed by atoms with van der Waals surface area (Å²) in [4.78, 5) is 7.32. The molecule has 11 aromatic rings. The number of benzene rings is 8. The number of hydrogen-bond donors (Lipinski definition) is 0. The maximum atomic E-state index is 6.60. The van der Waals surface area contributed by atoms with Crippen LogP contribution in [-0.2, 0) is 0 Å². The lowest BCUT2D eigenvalue weighted by Crippen LogP contribution is -2.09. The molecule has 0 amide bonds. The standard InChI is InChI=1S/C49H30N2O2S/c1-3-11-31(12-4-1)32-19-23-35(24-20-32)51(37-27-28-45-40(29-37)39-16-8-10-18-44(39)54-45)36-25-21-33(22-26-36)46-47-41(38-15-7-9-17-43(38)52-47)30-42-48(46)53-49(50-42)34-13-5-2-6-14-34/h1-30H. The van der Waals surface area contributed by atoms with Crippen LogP contribution in [0.15, 0.2) is 191 Å². The molecule has 0 aliphatic carbocycles. The summed E-state index contributed by atoms with van der Waals surface area (Å²) in [6.07, 6.45) is 0. The molecule has 11 rings (SSSR count). The molecule has 0 bridgehead atoms. The van der Waals surface area contributed by atoms with Crippen LogP contribution >= 0.6 is 11.3 Å². The molecule has 5 heteroatoms. The van der Waals surface area contributed by atoms with E-state index >= 15 is 0 Å². The van der Waals surface area contributed by atoms with E-state index in [9.17, 15) is 0 Å². The van der Waals surface area contributed by atoms with Crippen molar-refractivity contribution >= 4 is 81.6 Å². The third-order valence-electron chi connectivity index (χ3n) is 10.3. The van der Waals surface area contributed by atoms with Gasteiger partial charge in [-0.1, -0.05) is 109 Å². The Morgan fingerprint density at radius 3 is 1.76 bits per heavy atom. The average Bonchev–Trinajstić information content (AvgIpc) is 3.95. The van der Waals surface area contributed by atoms with Crippen LogP contribution in [0, 0.1) is 0 Å². The molecular weight excluding hydrogens is 681 g/mol. The van der Waals surface area contributed by atoms with E-state index < -0.39 is 0 Å². The van der Waals surface area contributed by atoms with Crippen LogP contribution in [0.3, 0.4) is 0 Å². The normalized spacial score (nSPS) is 11.7. The number of oxazole rings is 1. The molecule has 8 aromatic carbocycles. The molecule has 3 aromatic heterocycles. The predicted octanol–water partition coefficient (Wildman–Crippen LogP) is 14.6. The van der Waals surface area contributed by atoms with Crippen molar-refractivity contribution in [2.75, 3.05) is 4.90 Å². The monoisotopic (exact) mass is 710 g/mol. The summed E-state index contributed by atoms with van der Waals surface area (Å²) >= 11 is 1.83. The van der Waals surface area contributed by atoms with Crippen LogP contribution in [0.4, 0.5) is 17.1 Å². The number of furan rings is 1. The fourth-order valence-electron chi connectivity index (χ4n) is 7.72. The van der Waals surface area contributed by atoms with Crippen molar-refractivity contribution in [3.8, 4) is 33.7 Å². The van der Waals surface area contributed by atoms with E-state index in [2.05, 4.69) is 138 Å². The summed E-state index contributed by atoms with van der Waals surface area (Å²) in [6.45, 7) is 0. The molecule has 0 N–H and O–H groups in total. The fourth-order valence-corrected chi connectivity index (χ4v) is 8.81. The number of hydrogen-bond acceptors (Lipinski definition) is 5. The minimum atomic E-state index is 0.585. The second-order valence-electron chi connectivity index (χ2n) is 13.5. The molecule has 3 heterocycles. The van der Waals surface area contributed by atoms with E-state index in [-0.39, 0.29) is 0 Å². The van der Waals surface area contributed by atoms with Crippen molar-refractivity contribution in [1.82, 2.24) is 4.98 Å². The SMILES string of the molecule is c1ccc(-c2ccc(N(c3ccc(-c4c5oc(-c6ccccc6)nc5cc5c4oc4ccccc45)cc3)c3ccc4sc5ccccc5c4c3)cc2)cc1. The Labute approximate surface area is 314 Å². The molecule has 0 unspecified atom stereocenters. The Bertz CT molecular complexity index is 3140. The van der Waals surface area contributed by atoms with Crippen LogP contribution in [0.1, 0.15) is 0 Å². The highest BCUT2D eigenvalue weighted by Gasteiger charge is 2.22. The second-order valence-corrected chi connectivity index (χ2v) is 14.6. The lowest BCUT2D eigenvalue weighted by atomic mass is 10.00. The van der Waals surface area contributed by atoms with Crippen LogP contribution < -0.4 is 4.90 Å². The van der Waals surface area contributed by atoms with Gasteiger partial charge in [-0.2, -0.15) is 0 Å². The molecule has 0 aliphatic rings. The van der Waals surface area contributed by atoms with Crippen molar-refractivity contribution in [2.45, 2.75) is 0 Å². The van der Waals surface area contributed by atoms with Gasteiger partial charge in [0.1, 0.15) is 16.7 Å². The molecule has 254 valence electrons. The van der Waals surface area contributed by atoms with Gasteiger partial charge < -0.3 is 13.7 Å². The van der Waals surface area contributed by atoms with Gasteiger partial charge in [-0.25, -0.2) is 4.98 Å². The molecule has 0 aliphatic heterocycles. The van der Waals surface area contributed by atoms with Gasteiger partial charge in [0.05, 0.1) is 5.56 Å². The number of thiophene rings is 1. The number of rotatable bonds is 6. The van der Waals surface area contributed by atoms with Gasteiger partial charge in [0.15, 0.2) is 5.58 Å². The Kier molecular flexibility index (Phi) is 7.00. The maximum Gasteiger partial charge on any atom is 0.227 e. The summed E-state index contributed by atoms with van der Waals surface area (Å²) in [7, 11) is 0.